The fourth-order valence-electron chi connectivity index (χ4n) is 6.67. The van der Waals surface area contributed by atoms with E-state index in [2.05, 4.69) is 0 Å². The Morgan fingerprint density at radius 3 is 2.06 bits per heavy atom. The summed E-state index contributed by atoms with van der Waals surface area (Å²) >= 11 is 0. The Labute approximate surface area is 311 Å². The maximum Gasteiger partial charge on any atom is 0.347 e. The molecule has 1 unspecified atom stereocenters. The van der Waals surface area contributed by atoms with Gasteiger partial charge in [0.1, 0.15) is 62.4 Å². The van der Waals surface area contributed by atoms with Gasteiger partial charge in [-0.25, -0.2) is 4.79 Å². The molecule has 0 aliphatic carbocycles. The van der Waals surface area contributed by atoms with Crippen molar-refractivity contribution < 1.29 is 52.2 Å². The van der Waals surface area contributed by atoms with E-state index in [1.165, 1.54) is 7.11 Å². The van der Waals surface area contributed by atoms with E-state index >= 15 is 0 Å². The highest BCUT2D eigenvalue weighted by molar-refractivity contribution is 5.99. The zero-order valence-electron chi connectivity index (χ0n) is 31.2. The predicted octanol–water partition coefficient (Wildman–Crippen LogP) is 7.40. The molecule has 54 heavy (non-hydrogen) atoms. The lowest BCUT2D eigenvalue weighted by atomic mass is 9.90. The number of fused-ring (bicyclic) bond motifs is 6. The molecule has 3 aliphatic heterocycles. The molecule has 12 nitrogen and oxygen atoms in total. The minimum Gasteiger partial charge on any atom is -0.497 e. The highest BCUT2D eigenvalue weighted by Crippen LogP contribution is 2.50. The van der Waals surface area contributed by atoms with Crippen molar-refractivity contribution in [2.45, 2.75) is 25.2 Å². The van der Waals surface area contributed by atoms with E-state index in [0.29, 0.717) is 85.0 Å². The highest BCUT2D eigenvalue weighted by Gasteiger charge is 2.44. The van der Waals surface area contributed by atoms with Gasteiger partial charge in [-0.2, -0.15) is 0 Å². The molecule has 3 aliphatic rings. The fraction of sp³-hybridized carbons (Fsp3) is 0.262. The molecule has 4 heterocycles. The summed E-state index contributed by atoms with van der Waals surface area (Å²) < 4.78 is 55.8. The molecule has 4 aromatic carbocycles. The van der Waals surface area contributed by atoms with Crippen LogP contribution in [0.4, 0.5) is 0 Å². The van der Waals surface area contributed by atoms with Gasteiger partial charge in [-0.15, -0.1) is 0 Å². The van der Waals surface area contributed by atoms with Crippen molar-refractivity contribution in [1.82, 2.24) is 0 Å². The third-order valence-corrected chi connectivity index (χ3v) is 9.34. The van der Waals surface area contributed by atoms with E-state index in [0.717, 1.165) is 11.1 Å². The van der Waals surface area contributed by atoms with Gasteiger partial charge in [0, 0.05) is 34.9 Å². The first-order valence-electron chi connectivity index (χ1n) is 17.0. The summed E-state index contributed by atoms with van der Waals surface area (Å²) in [5.41, 5.74) is 3.28. The van der Waals surface area contributed by atoms with Crippen molar-refractivity contribution in [3.63, 3.8) is 0 Å². The van der Waals surface area contributed by atoms with E-state index < -0.39 is 17.0 Å². The molecular weight excluding hydrogens is 696 g/mol. The van der Waals surface area contributed by atoms with Gasteiger partial charge < -0.3 is 52.2 Å². The normalized spacial score (nSPS) is 16.9. The van der Waals surface area contributed by atoms with Crippen molar-refractivity contribution >= 4 is 28.7 Å². The van der Waals surface area contributed by atoms with Crippen LogP contribution in [0.15, 0.2) is 76.0 Å². The van der Waals surface area contributed by atoms with E-state index in [9.17, 15) is 9.90 Å². The minimum absolute atomic E-state index is 0.0298. The number of hydrogen-bond donors (Lipinski definition) is 1. The third-order valence-electron chi connectivity index (χ3n) is 9.34. The van der Waals surface area contributed by atoms with Crippen LogP contribution in [-0.4, -0.2) is 65.8 Å². The molecule has 12 heteroatoms. The molecule has 1 aromatic heterocycles. The first-order chi connectivity index (χ1) is 26.0. The summed E-state index contributed by atoms with van der Waals surface area (Å²) in [5.74, 6) is 3.53. The Balaban J connectivity index is 0.000000168. The molecule has 0 radical (unpaired) electrons. The lowest BCUT2D eigenvalue weighted by molar-refractivity contribution is -0.116. The molecule has 1 N–H and O–H groups in total. The summed E-state index contributed by atoms with van der Waals surface area (Å²) in [6, 6.07) is 17.8. The molecule has 0 fully saturated rings. The van der Waals surface area contributed by atoms with Gasteiger partial charge in [0.25, 0.3) is 5.79 Å². The van der Waals surface area contributed by atoms with Crippen LogP contribution in [0.25, 0.3) is 39.8 Å². The number of methoxy groups -OCH3 is 6. The van der Waals surface area contributed by atoms with Gasteiger partial charge >= 0.3 is 5.63 Å². The Bertz CT molecular complexity index is 2370. The summed E-state index contributed by atoms with van der Waals surface area (Å²) in [5, 5.41) is 11.6. The zero-order valence-corrected chi connectivity index (χ0v) is 31.2. The summed E-state index contributed by atoms with van der Waals surface area (Å²) in [6.45, 7) is 3.87. The van der Waals surface area contributed by atoms with Crippen LogP contribution in [0.3, 0.4) is 0 Å². The monoisotopic (exact) mass is 736 g/mol. The molecule has 0 spiro atoms. The second-order valence-electron chi connectivity index (χ2n) is 13.1. The number of benzene rings is 4. The Morgan fingerprint density at radius 2 is 1.39 bits per heavy atom. The van der Waals surface area contributed by atoms with Crippen LogP contribution in [0.2, 0.25) is 0 Å². The smallest absolute Gasteiger partial charge is 0.347 e. The maximum atomic E-state index is 12.9. The quantitative estimate of drug-likeness (QED) is 0.167. The zero-order chi connectivity index (χ0) is 38.4. The first kappa shape index (κ1) is 36.1. The van der Waals surface area contributed by atoms with Crippen LogP contribution in [-0.2, 0) is 0 Å². The van der Waals surface area contributed by atoms with E-state index in [4.69, 9.17) is 47.0 Å². The standard InChI is InChI=1S/C23H22O6.C19H18O6/c1-23(2)11-10-15-16(29-23)12-17-19(20(15)26-4)21(27-5)18(22(24)28-17)13-6-8-14(25-3)9-7-13;1-21-12-5-4-11-6-14-13-8-17(22-2)18(23-3)9-16(13)24-10-19(14,20)25-15(11)7-12/h6-12H,1-5H3;4-9,20H,10H2,1-3H3. The van der Waals surface area contributed by atoms with Gasteiger partial charge in [0.05, 0.1) is 48.2 Å². The van der Waals surface area contributed by atoms with E-state index in [1.54, 1.807) is 84.1 Å². The van der Waals surface area contributed by atoms with Gasteiger partial charge in [-0.3, -0.25) is 0 Å². The van der Waals surface area contributed by atoms with Gasteiger partial charge in [0.2, 0.25) is 0 Å². The maximum absolute atomic E-state index is 12.9. The van der Waals surface area contributed by atoms with Gasteiger partial charge in [-0.05, 0) is 68.0 Å². The summed E-state index contributed by atoms with van der Waals surface area (Å²) in [6.07, 6.45) is 5.81. The van der Waals surface area contributed by atoms with Gasteiger partial charge in [0.15, 0.2) is 18.1 Å². The van der Waals surface area contributed by atoms with Crippen LogP contribution in [0.1, 0.15) is 30.5 Å². The summed E-state index contributed by atoms with van der Waals surface area (Å²) in [4.78, 5) is 12.9. The van der Waals surface area contributed by atoms with Crippen molar-refractivity contribution in [2.24, 2.45) is 0 Å². The number of aliphatic hydroxyl groups is 1. The van der Waals surface area contributed by atoms with Crippen LogP contribution in [0, 0.1) is 0 Å². The second kappa shape index (κ2) is 13.9. The molecule has 280 valence electrons. The number of ether oxygens (including phenoxy) is 9. The van der Waals surface area contributed by atoms with E-state index in [-0.39, 0.29) is 6.61 Å². The number of rotatable bonds is 7. The second-order valence-corrected chi connectivity index (χ2v) is 13.1. The molecule has 0 bridgehead atoms. The van der Waals surface area contributed by atoms with Crippen molar-refractivity contribution in [3.05, 3.63) is 93.9 Å². The van der Waals surface area contributed by atoms with Crippen LogP contribution in [0.5, 0.6) is 51.7 Å². The predicted molar refractivity (Wildman–Crippen MR) is 203 cm³/mol. The van der Waals surface area contributed by atoms with Crippen molar-refractivity contribution in [3.8, 4) is 62.9 Å². The molecule has 0 saturated heterocycles. The lowest BCUT2D eigenvalue weighted by Gasteiger charge is -2.39. The molecule has 5 aromatic rings. The molecule has 0 amide bonds. The number of hydrogen-bond acceptors (Lipinski definition) is 12. The highest BCUT2D eigenvalue weighted by atomic mass is 16.7. The van der Waals surface area contributed by atoms with Gasteiger partial charge in [-0.1, -0.05) is 12.1 Å². The Morgan fingerprint density at radius 1 is 0.704 bits per heavy atom. The average Bonchev–Trinajstić information content (AvgIpc) is 3.17. The lowest BCUT2D eigenvalue weighted by Crippen LogP contribution is -2.47. The summed E-state index contributed by atoms with van der Waals surface area (Å²) in [7, 11) is 9.39. The minimum atomic E-state index is -1.58. The van der Waals surface area contributed by atoms with Crippen LogP contribution >= 0.6 is 0 Å². The van der Waals surface area contributed by atoms with Crippen molar-refractivity contribution in [1.29, 1.82) is 0 Å². The Hall–Kier alpha value is -6.27. The van der Waals surface area contributed by atoms with Crippen molar-refractivity contribution in [2.75, 3.05) is 49.3 Å². The topological polar surface area (TPSA) is 134 Å². The third kappa shape index (κ3) is 6.28. The SMILES string of the molecule is COc1ccc(-c2c(OC)c3c(OC)c4c(cc3oc2=O)OC(C)(C)C=C4)cc1.COc1ccc2c(c1)OC1(O)COc3cc(OC)c(OC)cc3C1=C2. The largest absolute Gasteiger partial charge is 0.497 e. The molecule has 8 rings (SSSR count). The fourth-order valence-corrected chi connectivity index (χ4v) is 6.67. The molecule has 0 saturated carbocycles. The average molecular weight is 737 g/mol. The molecule has 1 atom stereocenters. The molecular formula is C42H40O12. The van der Waals surface area contributed by atoms with Crippen LogP contribution < -0.4 is 48.3 Å². The van der Waals surface area contributed by atoms with E-state index in [1.807, 2.05) is 44.2 Å². The Kier molecular flexibility index (Phi) is 9.32. The first-order valence-corrected chi connectivity index (χ1v) is 17.0.